The summed E-state index contributed by atoms with van der Waals surface area (Å²) in [4.78, 5) is 27.9. The number of aromatic nitrogens is 3. The lowest BCUT2D eigenvalue weighted by molar-refractivity contribution is 0.105. The highest BCUT2D eigenvalue weighted by atomic mass is 16.5. The highest BCUT2D eigenvalue weighted by Gasteiger charge is 2.15. The summed E-state index contributed by atoms with van der Waals surface area (Å²) in [5.74, 6) is 0.613. The van der Waals surface area contributed by atoms with E-state index in [1.807, 2.05) is 61.6 Å². The number of Topliss-reactive ketones (excluding diaryl/α,β-unsaturated/α-hetero) is 1. The molecule has 0 fully saturated rings. The van der Waals surface area contributed by atoms with Gasteiger partial charge in [0.25, 0.3) is 0 Å². The molecule has 31 heavy (non-hydrogen) atoms. The molecule has 0 radical (unpaired) electrons. The minimum Gasteiger partial charge on any atom is -0.487 e. The molecule has 3 heterocycles. The topological polar surface area (TPSA) is 68.2 Å². The van der Waals surface area contributed by atoms with E-state index in [0.29, 0.717) is 23.5 Å². The van der Waals surface area contributed by atoms with Crippen molar-refractivity contribution in [1.29, 1.82) is 0 Å². The Bertz CT molecular complexity index is 1220. The molecule has 6 heteroatoms. The molecule has 0 bridgehead atoms. The maximum Gasteiger partial charge on any atom is 0.195 e. The molecule has 0 aliphatic rings. The molecule has 6 nitrogen and oxygen atoms in total. The van der Waals surface area contributed by atoms with E-state index in [2.05, 4.69) is 15.0 Å². The molecule has 1 aromatic carbocycles. The fraction of sp³-hybridized carbons (Fsp3) is 0.120. The standard InChI is InChI=1S/C25H22N4O2/c1-29(2)16-22(18-11-14-26-15-12-18)25(30)19-5-8-21(9-6-19)31-17-20-7-10-23-24(28-20)4-3-13-27-23/h3-16H,17H2,1-2H3. The fourth-order valence-electron chi connectivity index (χ4n) is 3.15. The lowest BCUT2D eigenvalue weighted by Gasteiger charge is -2.12. The van der Waals surface area contributed by atoms with E-state index in [1.54, 1.807) is 42.9 Å². The van der Waals surface area contributed by atoms with Gasteiger partial charge >= 0.3 is 0 Å². The summed E-state index contributed by atoms with van der Waals surface area (Å²) in [5, 5.41) is 0. The summed E-state index contributed by atoms with van der Waals surface area (Å²) in [6, 6.07) is 18.4. The zero-order chi connectivity index (χ0) is 21.6. The Labute approximate surface area is 180 Å². The number of hydrogen-bond acceptors (Lipinski definition) is 6. The molecule has 0 atom stereocenters. The van der Waals surface area contributed by atoms with Crippen LogP contribution in [0, 0.1) is 0 Å². The van der Waals surface area contributed by atoms with Crippen LogP contribution >= 0.6 is 0 Å². The van der Waals surface area contributed by atoms with Crippen molar-refractivity contribution in [3.8, 4) is 5.75 Å². The molecule has 154 valence electrons. The van der Waals surface area contributed by atoms with Crippen molar-refractivity contribution >= 4 is 22.4 Å². The van der Waals surface area contributed by atoms with Gasteiger partial charge in [0.05, 0.1) is 16.7 Å². The second kappa shape index (κ2) is 9.17. The van der Waals surface area contributed by atoms with Crippen LogP contribution in [0.2, 0.25) is 0 Å². The molecule has 0 aliphatic heterocycles. The van der Waals surface area contributed by atoms with Crippen LogP contribution in [-0.2, 0) is 6.61 Å². The van der Waals surface area contributed by atoms with E-state index >= 15 is 0 Å². The lowest BCUT2D eigenvalue weighted by Crippen LogP contribution is -2.09. The second-order valence-corrected chi connectivity index (χ2v) is 7.23. The first kappa shape index (κ1) is 20.2. The number of rotatable bonds is 7. The number of hydrogen-bond donors (Lipinski definition) is 0. The first-order chi connectivity index (χ1) is 15.1. The molecule has 0 spiro atoms. The SMILES string of the molecule is CN(C)C=C(C(=O)c1ccc(OCc2ccc3ncccc3n2)cc1)c1ccncc1. The maximum absolute atomic E-state index is 13.1. The van der Waals surface area contributed by atoms with Crippen LogP contribution in [0.5, 0.6) is 5.75 Å². The predicted molar refractivity (Wildman–Crippen MR) is 121 cm³/mol. The summed E-state index contributed by atoms with van der Waals surface area (Å²) in [7, 11) is 3.78. The fourth-order valence-corrected chi connectivity index (χ4v) is 3.15. The van der Waals surface area contributed by atoms with Crippen LogP contribution in [0.15, 0.2) is 85.5 Å². The van der Waals surface area contributed by atoms with Gasteiger partial charge in [-0.2, -0.15) is 0 Å². The molecular weight excluding hydrogens is 388 g/mol. The summed E-state index contributed by atoms with van der Waals surface area (Å²) in [5.41, 5.74) is 4.52. The molecule has 0 saturated carbocycles. The molecule has 4 rings (SSSR count). The van der Waals surface area contributed by atoms with Gasteiger partial charge in [0.15, 0.2) is 5.78 Å². The van der Waals surface area contributed by atoms with E-state index in [9.17, 15) is 4.79 Å². The van der Waals surface area contributed by atoms with Gasteiger partial charge in [-0.05, 0) is 66.2 Å². The molecule has 0 saturated heterocycles. The number of ether oxygens (including phenoxy) is 1. The summed E-state index contributed by atoms with van der Waals surface area (Å²) in [6.07, 6.45) is 6.93. The predicted octanol–water partition coefficient (Wildman–Crippen LogP) is 4.39. The van der Waals surface area contributed by atoms with Crippen molar-refractivity contribution in [3.05, 3.63) is 102 Å². The summed E-state index contributed by atoms with van der Waals surface area (Å²) in [6.45, 7) is 0.334. The van der Waals surface area contributed by atoms with Crippen LogP contribution in [0.4, 0.5) is 0 Å². The number of ketones is 1. The quantitative estimate of drug-likeness (QED) is 0.333. The maximum atomic E-state index is 13.1. The van der Waals surface area contributed by atoms with Crippen molar-refractivity contribution in [3.63, 3.8) is 0 Å². The Morgan fingerprint density at radius 3 is 2.42 bits per heavy atom. The second-order valence-electron chi connectivity index (χ2n) is 7.23. The highest BCUT2D eigenvalue weighted by molar-refractivity contribution is 6.28. The van der Waals surface area contributed by atoms with E-state index in [4.69, 9.17) is 4.74 Å². The Hall–Kier alpha value is -4.06. The number of carbonyl (C=O) groups excluding carboxylic acids is 1. The summed E-state index contributed by atoms with van der Waals surface area (Å²) < 4.78 is 5.86. The van der Waals surface area contributed by atoms with Gasteiger partial charge in [0.2, 0.25) is 0 Å². The molecule has 4 aromatic rings. The molecule has 0 aliphatic carbocycles. The molecule has 0 amide bonds. The molecule has 0 unspecified atom stereocenters. The average molecular weight is 410 g/mol. The number of nitrogens with zero attached hydrogens (tertiary/aromatic N) is 4. The molecular formula is C25H22N4O2. The van der Waals surface area contributed by atoms with Gasteiger partial charge in [-0.3, -0.25) is 14.8 Å². The average Bonchev–Trinajstić information content (AvgIpc) is 2.81. The zero-order valence-corrected chi connectivity index (χ0v) is 17.4. The Balaban J connectivity index is 1.48. The summed E-state index contributed by atoms with van der Waals surface area (Å²) >= 11 is 0. The third kappa shape index (κ3) is 4.93. The first-order valence-corrected chi connectivity index (χ1v) is 9.87. The van der Waals surface area contributed by atoms with Gasteiger partial charge in [-0.1, -0.05) is 0 Å². The van der Waals surface area contributed by atoms with Crippen LogP contribution < -0.4 is 4.74 Å². The Kier molecular flexibility index (Phi) is 5.98. The van der Waals surface area contributed by atoms with Crippen molar-refractivity contribution in [1.82, 2.24) is 19.9 Å². The number of fused-ring (bicyclic) bond motifs is 1. The molecule has 0 N–H and O–H groups in total. The third-order valence-electron chi connectivity index (χ3n) is 4.64. The lowest BCUT2D eigenvalue weighted by atomic mass is 9.98. The van der Waals surface area contributed by atoms with Gasteiger partial charge in [-0.25, -0.2) is 4.98 Å². The van der Waals surface area contributed by atoms with Crippen molar-refractivity contribution in [2.45, 2.75) is 6.61 Å². The smallest absolute Gasteiger partial charge is 0.195 e. The number of pyridine rings is 3. The minimum absolute atomic E-state index is 0.0601. The zero-order valence-electron chi connectivity index (χ0n) is 17.4. The first-order valence-electron chi connectivity index (χ1n) is 9.87. The highest BCUT2D eigenvalue weighted by Crippen LogP contribution is 2.22. The van der Waals surface area contributed by atoms with E-state index in [0.717, 1.165) is 22.3 Å². The van der Waals surface area contributed by atoms with Crippen LogP contribution in [0.25, 0.3) is 16.6 Å². The number of benzene rings is 1. The third-order valence-corrected chi connectivity index (χ3v) is 4.64. The number of carbonyl (C=O) groups is 1. The van der Waals surface area contributed by atoms with Gasteiger partial charge in [0.1, 0.15) is 12.4 Å². The van der Waals surface area contributed by atoms with Gasteiger partial charge in [-0.15, -0.1) is 0 Å². The Morgan fingerprint density at radius 2 is 1.68 bits per heavy atom. The van der Waals surface area contributed by atoms with Crippen molar-refractivity contribution in [2.24, 2.45) is 0 Å². The van der Waals surface area contributed by atoms with Crippen LogP contribution in [0.3, 0.4) is 0 Å². The van der Waals surface area contributed by atoms with Crippen molar-refractivity contribution in [2.75, 3.05) is 14.1 Å². The normalized spacial score (nSPS) is 11.4. The van der Waals surface area contributed by atoms with E-state index in [1.165, 1.54) is 0 Å². The van der Waals surface area contributed by atoms with E-state index < -0.39 is 0 Å². The van der Waals surface area contributed by atoms with Crippen molar-refractivity contribution < 1.29 is 9.53 Å². The van der Waals surface area contributed by atoms with Gasteiger partial charge < -0.3 is 9.64 Å². The monoisotopic (exact) mass is 410 g/mol. The molecule has 3 aromatic heterocycles. The van der Waals surface area contributed by atoms with Crippen LogP contribution in [0.1, 0.15) is 21.6 Å². The largest absolute Gasteiger partial charge is 0.487 e. The van der Waals surface area contributed by atoms with E-state index in [-0.39, 0.29) is 5.78 Å². The van der Waals surface area contributed by atoms with Gasteiger partial charge in [0, 0.05) is 50.0 Å². The number of allylic oxidation sites excluding steroid dienone is 1. The minimum atomic E-state index is -0.0601. The Morgan fingerprint density at radius 1 is 0.903 bits per heavy atom. The van der Waals surface area contributed by atoms with Crippen LogP contribution in [-0.4, -0.2) is 39.7 Å².